The summed E-state index contributed by atoms with van der Waals surface area (Å²) in [7, 11) is 0. The Kier molecular flexibility index (Phi) is 3.42. The van der Waals surface area contributed by atoms with E-state index in [1.54, 1.807) is 0 Å². The van der Waals surface area contributed by atoms with Crippen molar-refractivity contribution in [1.29, 1.82) is 0 Å². The maximum atomic E-state index is 11.4. The molecule has 1 atom stereocenters. The van der Waals surface area contributed by atoms with Crippen molar-refractivity contribution in [3.05, 3.63) is 22.9 Å². The first kappa shape index (κ1) is 12.5. The molecule has 1 aliphatic heterocycles. The normalized spacial score (nSPS) is 19.4. The van der Waals surface area contributed by atoms with Crippen LogP contribution in [-0.2, 0) is 0 Å². The number of rotatable bonds is 4. The molecule has 2 aromatic heterocycles. The molecule has 0 amide bonds. The van der Waals surface area contributed by atoms with Crippen LogP contribution < -0.4 is 10.6 Å². The molecular weight excluding hydrogens is 266 g/mol. The molecular formula is C12H16ClN5O. The Morgan fingerprint density at radius 1 is 1.53 bits per heavy atom. The van der Waals surface area contributed by atoms with E-state index in [1.807, 2.05) is 6.07 Å². The molecule has 7 heteroatoms. The maximum Gasteiger partial charge on any atom is 0.348 e. The zero-order valence-electron chi connectivity index (χ0n) is 10.5. The van der Waals surface area contributed by atoms with E-state index in [0.29, 0.717) is 17.6 Å². The van der Waals surface area contributed by atoms with Crippen LogP contribution in [-0.4, -0.2) is 38.0 Å². The van der Waals surface area contributed by atoms with E-state index in [9.17, 15) is 4.79 Å². The van der Waals surface area contributed by atoms with Crippen molar-refractivity contribution in [2.45, 2.75) is 31.7 Å². The zero-order valence-corrected chi connectivity index (χ0v) is 11.3. The molecule has 1 N–H and O–H groups in total. The van der Waals surface area contributed by atoms with Gasteiger partial charge in [-0.3, -0.25) is 0 Å². The van der Waals surface area contributed by atoms with Gasteiger partial charge >= 0.3 is 5.69 Å². The SMILES string of the molecule is O=c1[nH]nc2cc(N3CCCC3CCCCl)ncn12. The molecule has 0 radical (unpaired) electrons. The molecule has 1 aliphatic rings. The number of anilines is 1. The first-order valence-corrected chi connectivity index (χ1v) is 7.08. The monoisotopic (exact) mass is 281 g/mol. The van der Waals surface area contributed by atoms with Crippen molar-refractivity contribution < 1.29 is 0 Å². The van der Waals surface area contributed by atoms with Gasteiger partial charge in [-0.15, -0.1) is 11.6 Å². The first-order chi connectivity index (χ1) is 9.29. The summed E-state index contributed by atoms with van der Waals surface area (Å²) in [6.07, 6.45) is 5.99. The molecule has 0 aromatic carbocycles. The Balaban J connectivity index is 1.88. The van der Waals surface area contributed by atoms with E-state index in [0.717, 1.165) is 25.2 Å². The average Bonchev–Trinajstić information content (AvgIpc) is 3.03. The van der Waals surface area contributed by atoms with E-state index in [1.165, 1.54) is 23.6 Å². The minimum Gasteiger partial charge on any atom is -0.353 e. The highest BCUT2D eigenvalue weighted by molar-refractivity contribution is 6.17. The predicted octanol–water partition coefficient (Wildman–Crippen LogP) is 1.41. The van der Waals surface area contributed by atoms with E-state index in [2.05, 4.69) is 20.1 Å². The Labute approximate surface area is 115 Å². The third-order valence-electron chi connectivity index (χ3n) is 3.64. The summed E-state index contributed by atoms with van der Waals surface area (Å²) in [6.45, 7) is 1.00. The van der Waals surface area contributed by atoms with E-state index in [4.69, 9.17) is 11.6 Å². The van der Waals surface area contributed by atoms with Gasteiger partial charge in [0.1, 0.15) is 12.1 Å². The van der Waals surface area contributed by atoms with Gasteiger partial charge in [0.25, 0.3) is 0 Å². The molecule has 1 fully saturated rings. The third kappa shape index (κ3) is 2.32. The molecule has 0 saturated carbocycles. The summed E-state index contributed by atoms with van der Waals surface area (Å²) in [5.41, 5.74) is 0.354. The van der Waals surface area contributed by atoms with Crippen molar-refractivity contribution >= 4 is 23.1 Å². The topological polar surface area (TPSA) is 66.3 Å². The number of H-pyrrole nitrogens is 1. The Hall–Kier alpha value is -1.56. The van der Waals surface area contributed by atoms with E-state index < -0.39 is 0 Å². The summed E-state index contributed by atoms with van der Waals surface area (Å²) >= 11 is 5.77. The highest BCUT2D eigenvalue weighted by atomic mass is 35.5. The van der Waals surface area contributed by atoms with E-state index in [-0.39, 0.29) is 5.69 Å². The summed E-state index contributed by atoms with van der Waals surface area (Å²) < 4.78 is 1.41. The molecule has 0 spiro atoms. The number of nitrogens with zero attached hydrogens (tertiary/aromatic N) is 4. The number of hydrogen-bond acceptors (Lipinski definition) is 4. The summed E-state index contributed by atoms with van der Waals surface area (Å²) in [6, 6.07) is 2.36. The second-order valence-corrected chi connectivity index (χ2v) is 5.20. The predicted molar refractivity (Wildman–Crippen MR) is 73.9 cm³/mol. The zero-order chi connectivity index (χ0) is 13.2. The Morgan fingerprint density at radius 3 is 3.26 bits per heavy atom. The molecule has 0 bridgehead atoms. The van der Waals surface area contributed by atoms with Crippen LogP contribution in [0.25, 0.3) is 5.65 Å². The quantitative estimate of drug-likeness (QED) is 0.861. The largest absolute Gasteiger partial charge is 0.353 e. The first-order valence-electron chi connectivity index (χ1n) is 6.55. The van der Waals surface area contributed by atoms with Crippen molar-refractivity contribution in [2.75, 3.05) is 17.3 Å². The fraction of sp³-hybridized carbons (Fsp3) is 0.583. The van der Waals surface area contributed by atoms with Crippen LogP contribution in [0.15, 0.2) is 17.2 Å². The number of alkyl halides is 1. The Morgan fingerprint density at radius 2 is 2.42 bits per heavy atom. The minimum atomic E-state index is -0.255. The molecule has 3 heterocycles. The van der Waals surface area contributed by atoms with Gasteiger partial charge in [0.15, 0.2) is 5.65 Å². The van der Waals surface area contributed by atoms with Crippen LogP contribution in [0.5, 0.6) is 0 Å². The fourth-order valence-electron chi connectivity index (χ4n) is 2.71. The lowest BCUT2D eigenvalue weighted by Gasteiger charge is -2.25. The molecule has 1 unspecified atom stereocenters. The van der Waals surface area contributed by atoms with E-state index >= 15 is 0 Å². The molecule has 3 rings (SSSR count). The lowest BCUT2D eigenvalue weighted by molar-refractivity contribution is 0.598. The van der Waals surface area contributed by atoms with Crippen LogP contribution in [0.3, 0.4) is 0 Å². The Bertz CT molecular complexity index is 622. The lowest BCUT2D eigenvalue weighted by atomic mass is 10.1. The van der Waals surface area contributed by atoms with Gasteiger partial charge in [-0.25, -0.2) is 19.3 Å². The molecule has 19 heavy (non-hydrogen) atoms. The number of fused-ring (bicyclic) bond motifs is 1. The molecule has 2 aromatic rings. The van der Waals surface area contributed by atoms with Gasteiger partial charge < -0.3 is 4.90 Å². The molecule has 6 nitrogen and oxygen atoms in total. The number of aromatic amines is 1. The van der Waals surface area contributed by atoms with Gasteiger partial charge in [-0.1, -0.05) is 0 Å². The maximum absolute atomic E-state index is 11.4. The summed E-state index contributed by atoms with van der Waals surface area (Å²) in [5, 5.41) is 6.40. The smallest absolute Gasteiger partial charge is 0.348 e. The van der Waals surface area contributed by atoms with Gasteiger partial charge in [0.05, 0.1) is 0 Å². The van der Waals surface area contributed by atoms with Crippen LogP contribution >= 0.6 is 11.6 Å². The molecule has 0 aliphatic carbocycles. The van der Waals surface area contributed by atoms with Gasteiger partial charge in [0, 0.05) is 24.5 Å². The van der Waals surface area contributed by atoms with Crippen LogP contribution in [0, 0.1) is 0 Å². The second-order valence-electron chi connectivity index (χ2n) is 4.82. The summed E-state index contributed by atoms with van der Waals surface area (Å²) in [5.74, 6) is 1.59. The number of nitrogens with one attached hydrogen (secondary N) is 1. The van der Waals surface area contributed by atoms with Gasteiger partial charge in [-0.2, -0.15) is 5.10 Å². The number of aromatic nitrogens is 4. The van der Waals surface area contributed by atoms with Crippen molar-refractivity contribution in [2.24, 2.45) is 0 Å². The third-order valence-corrected chi connectivity index (χ3v) is 3.91. The standard InChI is InChI=1S/C12H16ClN5O/c13-5-1-3-9-4-2-6-17(9)10-7-11-15-16-12(19)18(11)8-14-10/h7-9H,1-6H2,(H,16,19). The average molecular weight is 282 g/mol. The number of hydrogen-bond donors (Lipinski definition) is 1. The minimum absolute atomic E-state index is 0.255. The highest BCUT2D eigenvalue weighted by Crippen LogP contribution is 2.26. The van der Waals surface area contributed by atoms with Crippen molar-refractivity contribution in [1.82, 2.24) is 19.6 Å². The van der Waals surface area contributed by atoms with Crippen LogP contribution in [0.4, 0.5) is 5.82 Å². The van der Waals surface area contributed by atoms with Crippen LogP contribution in [0.1, 0.15) is 25.7 Å². The van der Waals surface area contributed by atoms with Crippen molar-refractivity contribution in [3.8, 4) is 0 Å². The van der Waals surface area contributed by atoms with Gasteiger partial charge in [0.2, 0.25) is 0 Å². The highest BCUT2D eigenvalue weighted by Gasteiger charge is 2.25. The molecule has 102 valence electrons. The second kappa shape index (κ2) is 5.21. The fourth-order valence-corrected chi connectivity index (χ4v) is 2.86. The van der Waals surface area contributed by atoms with Crippen molar-refractivity contribution in [3.63, 3.8) is 0 Å². The number of halogens is 1. The van der Waals surface area contributed by atoms with Gasteiger partial charge in [-0.05, 0) is 25.7 Å². The van der Waals surface area contributed by atoms with Crippen LogP contribution in [0.2, 0.25) is 0 Å². The molecule has 1 saturated heterocycles. The lowest BCUT2D eigenvalue weighted by Crippen LogP contribution is -2.30. The summed E-state index contributed by atoms with van der Waals surface area (Å²) in [4.78, 5) is 18.1.